The van der Waals surface area contributed by atoms with Crippen molar-refractivity contribution in [2.75, 3.05) is 26.2 Å². The summed E-state index contributed by atoms with van der Waals surface area (Å²) in [5, 5.41) is 6.61. The van der Waals surface area contributed by atoms with E-state index in [2.05, 4.69) is 60.6 Å². The number of nitrogens with one attached hydrogen (secondary N) is 2. The maximum absolute atomic E-state index is 12.8. The third kappa shape index (κ3) is 7.75. The lowest BCUT2D eigenvalue weighted by atomic mass is 9.70. The van der Waals surface area contributed by atoms with Gasteiger partial charge in [0.25, 0.3) is 0 Å². The SMILES string of the molecule is CC(C)[C@@H]1CC[C@@H](C)C[C@H]1C(=O)NCc1ccc(CN2CCNCC2)cc1.Cl.Cl. The fourth-order valence-corrected chi connectivity index (χ4v) is 4.71. The van der Waals surface area contributed by atoms with Crippen LogP contribution in [0.4, 0.5) is 0 Å². The van der Waals surface area contributed by atoms with Crippen LogP contribution in [0.1, 0.15) is 51.2 Å². The minimum absolute atomic E-state index is 0. The molecule has 1 amide bonds. The minimum atomic E-state index is 0. The first-order chi connectivity index (χ1) is 13.0. The quantitative estimate of drug-likeness (QED) is 0.689. The van der Waals surface area contributed by atoms with E-state index in [0.29, 0.717) is 24.3 Å². The zero-order valence-electron chi connectivity index (χ0n) is 18.2. The van der Waals surface area contributed by atoms with Crippen LogP contribution in [0.5, 0.6) is 0 Å². The number of carbonyl (C=O) groups is 1. The summed E-state index contributed by atoms with van der Waals surface area (Å²) in [5.74, 6) is 2.21. The first kappa shape index (κ1) is 26.2. The van der Waals surface area contributed by atoms with Crippen molar-refractivity contribution in [3.63, 3.8) is 0 Å². The second-order valence-electron chi connectivity index (χ2n) is 8.99. The Bertz CT molecular complexity index is 603. The van der Waals surface area contributed by atoms with Gasteiger partial charge in [0, 0.05) is 45.2 Å². The second-order valence-corrected chi connectivity index (χ2v) is 8.99. The van der Waals surface area contributed by atoms with Gasteiger partial charge in [-0.05, 0) is 41.7 Å². The van der Waals surface area contributed by atoms with E-state index >= 15 is 0 Å². The van der Waals surface area contributed by atoms with Crippen molar-refractivity contribution in [2.24, 2.45) is 23.7 Å². The molecule has 166 valence electrons. The van der Waals surface area contributed by atoms with Crippen LogP contribution in [-0.4, -0.2) is 37.0 Å². The Morgan fingerprint density at radius 1 is 1.10 bits per heavy atom. The fourth-order valence-electron chi connectivity index (χ4n) is 4.71. The van der Waals surface area contributed by atoms with Crippen LogP contribution in [0.2, 0.25) is 0 Å². The number of carbonyl (C=O) groups excluding carboxylic acids is 1. The normalized spacial score (nSPS) is 25.0. The van der Waals surface area contributed by atoms with Crippen molar-refractivity contribution in [1.82, 2.24) is 15.5 Å². The number of piperazine rings is 1. The Balaban J connectivity index is 0.00000210. The Morgan fingerprint density at radius 3 is 2.34 bits per heavy atom. The topological polar surface area (TPSA) is 44.4 Å². The molecule has 1 saturated heterocycles. The summed E-state index contributed by atoms with van der Waals surface area (Å²) in [6, 6.07) is 8.76. The second kappa shape index (κ2) is 12.8. The Hall–Kier alpha value is -0.810. The smallest absolute Gasteiger partial charge is 0.223 e. The van der Waals surface area contributed by atoms with E-state index in [-0.39, 0.29) is 36.6 Å². The van der Waals surface area contributed by atoms with Crippen LogP contribution in [0.15, 0.2) is 24.3 Å². The lowest BCUT2D eigenvalue weighted by Gasteiger charge is -2.36. The number of amides is 1. The zero-order chi connectivity index (χ0) is 19.2. The summed E-state index contributed by atoms with van der Waals surface area (Å²) in [5.41, 5.74) is 2.55. The van der Waals surface area contributed by atoms with Gasteiger partial charge < -0.3 is 10.6 Å². The van der Waals surface area contributed by atoms with Gasteiger partial charge in [0.05, 0.1) is 0 Å². The maximum Gasteiger partial charge on any atom is 0.223 e. The highest BCUT2D eigenvalue weighted by Crippen LogP contribution is 2.38. The van der Waals surface area contributed by atoms with Crippen LogP contribution >= 0.6 is 24.8 Å². The maximum atomic E-state index is 12.8. The molecule has 1 aliphatic carbocycles. The van der Waals surface area contributed by atoms with E-state index < -0.39 is 0 Å². The van der Waals surface area contributed by atoms with Gasteiger partial charge in [0.1, 0.15) is 0 Å². The van der Waals surface area contributed by atoms with Crippen LogP contribution in [0.25, 0.3) is 0 Å². The van der Waals surface area contributed by atoms with E-state index in [9.17, 15) is 4.79 Å². The first-order valence-electron chi connectivity index (χ1n) is 10.8. The van der Waals surface area contributed by atoms with Crippen molar-refractivity contribution in [3.8, 4) is 0 Å². The number of hydrogen-bond donors (Lipinski definition) is 2. The molecular formula is C23H39Cl2N3O. The third-order valence-electron chi connectivity index (χ3n) is 6.46. The fraction of sp³-hybridized carbons (Fsp3) is 0.696. The molecule has 0 bridgehead atoms. The molecule has 3 atom stereocenters. The average molecular weight is 444 g/mol. The van der Waals surface area contributed by atoms with Gasteiger partial charge in [-0.25, -0.2) is 0 Å². The molecule has 1 saturated carbocycles. The monoisotopic (exact) mass is 443 g/mol. The molecule has 0 radical (unpaired) electrons. The minimum Gasteiger partial charge on any atom is -0.352 e. The van der Waals surface area contributed by atoms with Crippen molar-refractivity contribution in [1.29, 1.82) is 0 Å². The van der Waals surface area contributed by atoms with Crippen molar-refractivity contribution in [2.45, 2.75) is 53.1 Å². The molecule has 1 aliphatic heterocycles. The standard InChI is InChI=1S/C23H37N3O.2ClH/c1-17(2)21-9-4-18(3)14-22(21)23(27)25-15-19-5-7-20(8-6-19)16-26-12-10-24-11-13-26;;/h5-8,17-18,21-22,24H,4,9-16H2,1-3H3,(H,25,27);2*1H/t18-,21+,22-;;/m1../s1. The van der Waals surface area contributed by atoms with Gasteiger partial charge in [-0.3, -0.25) is 9.69 Å². The predicted molar refractivity (Wildman–Crippen MR) is 126 cm³/mol. The highest BCUT2D eigenvalue weighted by Gasteiger charge is 2.35. The molecule has 3 rings (SSSR count). The van der Waals surface area contributed by atoms with Crippen molar-refractivity contribution < 1.29 is 4.79 Å². The molecule has 0 unspecified atom stereocenters. The summed E-state index contributed by atoms with van der Waals surface area (Å²) in [4.78, 5) is 15.3. The molecular weight excluding hydrogens is 405 g/mol. The molecule has 0 spiro atoms. The van der Waals surface area contributed by atoms with Crippen molar-refractivity contribution in [3.05, 3.63) is 35.4 Å². The number of hydrogen-bond acceptors (Lipinski definition) is 3. The van der Waals surface area contributed by atoms with Crippen LogP contribution in [0.3, 0.4) is 0 Å². The summed E-state index contributed by atoms with van der Waals surface area (Å²) in [6.45, 7) is 12.9. The first-order valence-corrected chi connectivity index (χ1v) is 10.8. The van der Waals surface area contributed by atoms with E-state index in [1.165, 1.54) is 24.0 Å². The van der Waals surface area contributed by atoms with Gasteiger partial charge >= 0.3 is 0 Å². The molecule has 2 N–H and O–H groups in total. The summed E-state index contributed by atoms with van der Waals surface area (Å²) in [7, 11) is 0. The predicted octanol–water partition coefficient (Wildman–Crippen LogP) is 4.26. The highest BCUT2D eigenvalue weighted by atomic mass is 35.5. The molecule has 1 heterocycles. The van der Waals surface area contributed by atoms with Gasteiger partial charge in [0.2, 0.25) is 5.91 Å². The van der Waals surface area contributed by atoms with E-state index in [1.54, 1.807) is 0 Å². The molecule has 1 aromatic carbocycles. The molecule has 4 nitrogen and oxygen atoms in total. The van der Waals surface area contributed by atoms with E-state index in [0.717, 1.165) is 39.1 Å². The Kier molecular flexibility index (Phi) is 11.6. The molecule has 2 aliphatic rings. The number of halogens is 2. The van der Waals surface area contributed by atoms with Crippen LogP contribution in [-0.2, 0) is 17.9 Å². The average Bonchev–Trinajstić information content (AvgIpc) is 2.67. The van der Waals surface area contributed by atoms with Gasteiger partial charge in [-0.2, -0.15) is 0 Å². The number of rotatable bonds is 6. The highest BCUT2D eigenvalue weighted by molar-refractivity contribution is 5.85. The number of benzene rings is 1. The molecule has 29 heavy (non-hydrogen) atoms. The van der Waals surface area contributed by atoms with Gasteiger partial charge in [0.15, 0.2) is 0 Å². The molecule has 6 heteroatoms. The third-order valence-corrected chi connectivity index (χ3v) is 6.46. The summed E-state index contributed by atoms with van der Waals surface area (Å²) in [6.07, 6.45) is 3.50. The largest absolute Gasteiger partial charge is 0.352 e. The Morgan fingerprint density at radius 2 is 1.72 bits per heavy atom. The van der Waals surface area contributed by atoms with Crippen LogP contribution in [0, 0.1) is 23.7 Å². The van der Waals surface area contributed by atoms with Gasteiger partial charge in [-0.1, -0.05) is 51.5 Å². The van der Waals surface area contributed by atoms with E-state index in [1.807, 2.05) is 0 Å². The Labute approximate surface area is 189 Å². The van der Waals surface area contributed by atoms with Crippen molar-refractivity contribution >= 4 is 30.7 Å². The lowest BCUT2D eigenvalue weighted by Crippen LogP contribution is -2.42. The van der Waals surface area contributed by atoms with Crippen LogP contribution < -0.4 is 10.6 Å². The number of nitrogens with zero attached hydrogens (tertiary/aromatic N) is 1. The molecule has 2 fully saturated rings. The zero-order valence-corrected chi connectivity index (χ0v) is 19.8. The molecule has 1 aromatic rings. The summed E-state index contributed by atoms with van der Waals surface area (Å²) < 4.78 is 0. The van der Waals surface area contributed by atoms with E-state index in [4.69, 9.17) is 0 Å². The summed E-state index contributed by atoms with van der Waals surface area (Å²) >= 11 is 0. The molecule has 0 aromatic heterocycles. The lowest BCUT2D eigenvalue weighted by molar-refractivity contribution is -0.129. The van der Waals surface area contributed by atoms with Gasteiger partial charge in [-0.15, -0.1) is 24.8 Å².